The third-order valence-electron chi connectivity index (χ3n) is 3.30. The van der Waals surface area contributed by atoms with E-state index in [0.29, 0.717) is 27.9 Å². The molecular formula is C17H19ClN2O3. The van der Waals surface area contributed by atoms with E-state index in [1.54, 1.807) is 38.5 Å². The van der Waals surface area contributed by atoms with Gasteiger partial charge >= 0.3 is 0 Å². The number of hydrogen-bond donors (Lipinski definition) is 2. The number of rotatable bonds is 6. The number of anilines is 2. The summed E-state index contributed by atoms with van der Waals surface area (Å²) in [6, 6.07) is 10.7. The van der Waals surface area contributed by atoms with Gasteiger partial charge in [0.05, 0.1) is 26.5 Å². The molecular weight excluding hydrogens is 316 g/mol. The van der Waals surface area contributed by atoms with E-state index in [9.17, 15) is 4.79 Å². The van der Waals surface area contributed by atoms with Crippen LogP contribution >= 0.6 is 11.6 Å². The van der Waals surface area contributed by atoms with Gasteiger partial charge in [0.1, 0.15) is 11.5 Å². The summed E-state index contributed by atoms with van der Waals surface area (Å²) in [4.78, 5) is 12.0. The van der Waals surface area contributed by atoms with E-state index in [0.717, 1.165) is 5.56 Å². The first-order valence-electron chi connectivity index (χ1n) is 7.05. The van der Waals surface area contributed by atoms with Crippen molar-refractivity contribution >= 4 is 28.9 Å². The molecule has 2 rings (SSSR count). The summed E-state index contributed by atoms with van der Waals surface area (Å²) >= 11 is 6.05. The number of methoxy groups -OCH3 is 2. The van der Waals surface area contributed by atoms with Crippen LogP contribution in [0.2, 0.25) is 5.02 Å². The molecule has 23 heavy (non-hydrogen) atoms. The highest BCUT2D eigenvalue weighted by atomic mass is 35.5. The summed E-state index contributed by atoms with van der Waals surface area (Å²) < 4.78 is 10.4. The molecule has 6 heteroatoms. The van der Waals surface area contributed by atoms with Crippen LogP contribution in [0.1, 0.15) is 5.56 Å². The molecule has 2 N–H and O–H groups in total. The Morgan fingerprint density at radius 2 is 1.91 bits per heavy atom. The maximum absolute atomic E-state index is 12.0. The third-order valence-corrected chi connectivity index (χ3v) is 3.71. The lowest BCUT2D eigenvalue weighted by Gasteiger charge is -2.13. The molecule has 1 amide bonds. The zero-order chi connectivity index (χ0) is 16.8. The minimum absolute atomic E-state index is 0.0923. The second-order valence-corrected chi connectivity index (χ2v) is 5.34. The van der Waals surface area contributed by atoms with Gasteiger partial charge in [-0.25, -0.2) is 0 Å². The van der Waals surface area contributed by atoms with Crippen LogP contribution in [0.3, 0.4) is 0 Å². The van der Waals surface area contributed by atoms with Crippen molar-refractivity contribution in [1.29, 1.82) is 0 Å². The van der Waals surface area contributed by atoms with Crippen LogP contribution < -0.4 is 20.1 Å². The lowest BCUT2D eigenvalue weighted by Crippen LogP contribution is -2.22. The SMILES string of the molecule is COc1ccc(OC)c(NCC(=O)Nc2ccc(C)c(Cl)c2)c1. The van der Waals surface area contributed by atoms with Gasteiger partial charge in [0.15, 0.2) is 0 Å². The van der Waals surface area contributed by atoms with Gasteiger partial charge in [-0.05, 0) is 36.8 Å². The number of carbonyl (C=O) groups is 1. The standard InChI is InChI=1S/C17H19ClN2O3/c1-11-4-5-12(8-14(11)18)20-17(21)10-19-15-9-13(22-2)6-7-16(15)23-3/h4-9,19H,10H2,1-3H3,(H,20,21). The first kappa shape index (κ1) is 17.0. The molecule has 0 aliphatic heterocycles. The fraction of sp³-hybridized carbons (Fsp3) is 0.235. The average Bonchev–Trinajstić information content (AvgIpc) is 2.56. The van der Waals surface area contributed by atoms with Gasteiger partial charge in [0.25, 0.3) is 0 Å². The maximum atomic E-state index is 12.0. The molecule has 0 aliphatic carbocycles. The van der Waals surface area contributed by atoms with Crippen LogP contribution in [0.15, 0.2) is 36.4 Å². The molecule has 0 heterocycles. The number of halogens is 1. The quantitative estimate of drug-likeness (QED) is 0.845. The van der Waals surface area contributed by atoms with Crippen molar-refractivity contribution < 1.29 is 14.3 Å². The van der Waals surface area contributed by atoms with Crippen molar-refractivity contribution in [2.75, 3.05) is 31.4 Å². The summed E-state index contributed by atoms with van der Waals surface area (Å²) in [5.41, 5.74) is 2.30. The minimum atomic E-state index is -0.185. The van der Waals surface area contributed by atoms with E-state index < -0.39 is 0 Å². The fourth-order valence-electron chi connectivity index (χ4n) is 2.00. The molecule has 0 saturated carbocycles. The Balaban J connectivity index is 2.00. The van der Waals surface area contributed by atoms with Gasteiger partial charge in [-0.1, -0.05) is 17.7 Å². The van der Waals surface area contributed by atoms with Gasteiger partial charge < -0.3 is 20.1 Å². The Morgan fingerprint density at radius 1 is 1.13 bits per heavy atom. The largest absolute Gasteiger partial charge is 0.497 e. The van der Waals surface area contributed by atoms with E-state index in [1.807, 2.05) is 19.1 Å². The van der Waals surface area contributed by atoms with Crippen molar-refractivity contribution in [3.63, 3.8) is 0 Å². The second-order valence-electron chi connectivity index (χ2n) is 4.93. The first-order valence-corrected chi connectivity index (χ1v) is 7.43. The van der Waals surface area contributed by atoms with Gasteiger partial charge in [-0.15, -0.1) is 0 Å². The number of hydrogen-bond acceptors (Lipinski definition) is 4. The molecule has 0 bridgehead atoms. The first-order chi connectivity index (χ1) is 11.0. The lowest BCUT2D eigenvalue weighted by atomic mass is 10.2. The van der Waals surface area contributed by atoms with Crippen LogP contribution in [0.25, 0.3) is 0 Å². The van der Waals surface area contributed by atoms with Crippen molar-refractivity contribution in [3.8, 4) is 11.5 Å². The summed E-state index contributed by atoms with van der Waals surface area (Å²) in [7, 11) is 3.15. The molecule has 0 unspecified atom stereocenters. The van der Waals surface area contributed by atoms with Gasteiger partial charge in [-0.2, -0.15) is 0 Å². The third kappa shape index (κ3) is 4.53. The zero-order valence-corrected chi connectivity index (χ0v) is 14.0. The highest BCUT2D eigenvalue weighted by Crippen LogP contribution is 2.28. The molecule has 0 spiro atoms. The van der Waals surface area contributed by atoms with Crippen molar-refractivity contribution in [2.24, 2.45) is 0 Å². The van der Waals surface area contributed by atoms with Crippen LogP contribution in [0.5, 0.6) is 11.5 Å². The maximum Gasteiger partial charge on any atom is 0.243 e. The number of amides is 1. The van der Waals surface area contributed by atoms with E-state index in [4.69, 9.17) is 21.1 Å². The second kappa shape index (κ2) is 7.74. The molecule has 0 saturated heterocycles. The van der Waals surface area contributed by atoms with Gasteiger partial charge in [0, 0.05) is 16.8 Å². The van der Waals surface area contributed by atoms with Crippen molar-refractivity contribution in [3.05, 3.63) is 47.0 Å². The molecule has 122 valence electrons. The van der Waals surface area contributed by atoms with Crippen molar-refractivity contribution in [1.82, 2.24) is 0 Å². The minimum Gasteiger partial charge on any atom is -0.497 e. The summed E-state index contributed by atoms with van der Waals surface area (Å²) in [5, 5.41) is 6.44. The zero-order valence-electron chi connectivity index (χ0n) is 13.3. The number of carbonyl (C=O) groups excluding carboxylic acids is 1. The van der Waals surface area contributed by atoms with E-state index in [2.05, 4.69) is 10.6 Å². The van der Waals surface area contributed by atoms with Gasteiger partial charge in [-0.3, -0.25) is 4.79 Å². The highest BCUT2D eigenvalue weighted by molar-refractivity contribution is 6.31. The lowest BCUT2D eigenvalue weighted by molar-refractivity contribution is -0.114. The molecule has 2 aromatic carbocycles. The molecule has 0 radical (unpaired) electrons. The smallest absolute Gasteiger partial charge is 0.243 e. The number of benzene rings is 2. The van der Waals surface area contributed by atoms with Gasteiger partial charge in [0.2, 0.25) is 5.91 Å². The normalized spacial score (nSPS) is 10.1. The Hall–Kier alpha value is -2.40. The Bertz CT molecular complexity index is 704. The van der Waals surface area contributed by atoms with E-state index in [-0.39, 0.29) is 12.5 Å². The number of nitrogens with one attached hydrogen (secondary N) is 2. The molecule has 0 aromatic heterocycles. The highest BCUT2D eigenvalue weighted by Gasteiger charge is 2.08. The van der Waals surface area contributed by atoms with Crippen LogP contribution in [-0.2, 0) is 4.79 Å². The molecule has 0 aliphatic rings. The summed E-state index contributed by atoms with van der Waals surface area (Å²) in [5.74, 6) is 1.13. The summed E-state index contributed by atoms with van der Waals surface area (Å²) in [6.45, 7) is 2.00. The number of ether oxygens (including phenoxy) is 2. The monoisotopic (exact) mass is 334 g/mol. The average molecular weight is 335 g/mol. The molecule has 2 aromatic rings. The molecule has 0 atom stereocenters. The predicted octanol–water partition coefficient (Wildman–Crippen LogP) is 3.72. The molecule has 5 nitrogen and oxygen atoms in total. The summed E-state index contributed by atoms with van der Waals surface area (Å²) in [6.07, 6.45) is 0. The van der Waals surface area contributed by atoms with Crippen LogP contribution in [-0.4, -0.2) is 26.7 Å². The fourth-order valence-corrected chi connectivity index (χ4v) is 2.18. The van der Waals surface area contributed by atoms with E-state index in [1.165, 1.54) is 0 Å². The Morgan fingerprint density at radius 3 is 2.57 bits per heavy atom. The predicted molar refractivity (Wildman–Crippen MR) is 92.9 cm³/mol. The van der Waals surface area contributed by atoms with E-state index >= 15 is 0 Å². The van der Waals surface area contributed by atoms with Crippen LogP contribution in [0.4, 0.5) is 11.4 Å². The Labute approximate surface area is 140 Å². The number of aryl methyl sites for hydroxylation is 1. The molecule has 0 fully saturated rings. The van der Waals surface area contributed by atoms with Crippen LogP contribution in [0, 0.1) is 6.92 Å². The van der Waals surface area contributed by atoms with Crippen molar-refractivity contribution in [2.45, 2.75) is 6.92 Å². The Kier molecular flexibility index (Phi) is 5.71. The topological polar surface area (TPSA) is 59.6 Å².